The number of H-pyrrole nitrogens is 1. The summed E-state index contributed by atoms with van der Waals surface area (Å²) >= 11 is 0. The first kappa shape index (κ1) is 17.5. The highest BCUT2D eigenvalue weighted by Gasteiger charge is 2.61. The molecule has 1 N–H and O–H groups in total. The molecule has 128 valence electrons. The fourth-order valence-corrected chi connectivity index (χ4v) is 3.60. The van der Waals surface area contributed by atoms with Crippen LogP contribution in [-0.2, 0) is 14.3 Å². The zero-order chi connectivity index (χ0) is 17.4. The lowest BCUT2D eigenvalue weighted by molar-refractivity contribution is -0.156. The third-order valence-electron chi connectivity index (χ3n) is 5.05. The zero-order valence-corrected chi connectivity index (χ0v) is 14.2. The van der Waals surface area contributed by atoms with Crippen LogP contribution in [-0.4, -0.2) is 27.2 Å². The van der Waals surface area contributed by atoms with Crippen LogP contribution < -0.4 is 11.2 Å². The van der Waals surface area contributed by atoms with Gasteiger partial charge < -0.3 is 9.47 Å². The van der Waals surface area contributed by atoms with Crippen molar-refractivity contribution in [3.05, 3.63) is 33.1 Å². The van der Waals surface area contributed by atoms with E-state index in [1.807, 2.05) is 27.7 Å². The van der Waals surface area contributed by atoms with E-state index in [1.165, 1.54) is 23.8 Å². The summed E-state index contributed by atoms with van der Waals surface area (Å²) in [6, 6.07) is 1.25. The van der Waals surface area contributed by atoms with Crippen LogP contribution in [0.1, 0.15) is 53.7 Å². The predicted octanol–water partition coefficient (Wildman–Crippen LogP) is 1.58. The topological polar surface area (TPSA) is 90.4 Å². The highest BCUT2D eigenvalue weighted by molar-refractivity contribution is 5.66. The maximum Gasteiger partial charge on any atom is 0.330 e. The Balaban J connectivity index is 2.58. The van der Waals surface area contributed by atoms with Crippen molar-refractivity contribution in [3.63, 3.8) is 0 Å². The van der Waals surface area contributed by atoms with Gasteiger partial charge in [0.15, 0.2) is 12.3 Å². The number of hydrogen-bond donors (Lipinski definition) is 1. The number of hydrogen-bond acceptors (Lipinski definition) is 5. The van der Waals surface area contributed by atoms with Crippen LogP contribution in [0.15, 0.2) is 21.9 Å². The molecule has 7 heteroatoms. The van der Waals surface area contributed by atoms with E-state index in [-0.39, 0.29) is 0 Å². The molecule has 23 heavy (non-hydrogen) atoms. The molecule has 0 saturated carbocycles. The summed E-state index contributed by atoms with van der Waals surface area (Å²) in [5.74, 6) is -0.433. The normalized spacial score (nSPS) is 25.3. The fraction of sp³-hybridized carbons (Fsp3) is 0.688. The Morgan fingerprint density at radius 2 is 1.96 bits per heavy atom. The van der Waals surface area contributed by atoms with Crippen LogP contribution in [0.5, 0.6) is 0 Å². The smallest absolute Gasteiger partial charge is 0.330 e. The van der Waals surface area contributed by atoms with Crippen LogP contribution in [0.3, 0.4) is 0 Å². The summed E-state index contributed by atoms with van der Waals surface area (Å²) in [5, 5.41) is 0. The molecule has 2 atom stereocenters. The van der Waals surface area contributed by atoms with Crippen LogP contribution in [0.25, 0.3) is 0 Å². The Morgan fingerprint density at radius 3 is 2.43 bits per heavy atom. The summed E-state index contributed by atoms with van der Waals surface area (Å²) < 4.78 is 13.1. The van der Waals surface area contributed by atoms with Gasteiger partial charge in [0.2, 0.25) is 0 Å². The van der Waals surface area contributed by atoms with Gasteiger partial charge in [-0.15, -0.1) is 0 Å². The van der Waals surface area contributed by atoms with Gasteiger partial charge >= 0.3 is 11.7 Å². The molecule has 0 amide bonds. The van der Waals surface area contributed by atoms with Crippen molar-refractivity contribution in [1.82, 2.24) is 9.55 Å². The average molecular weight is 324 g/mol. The monoisotopic (exact) mass is 324 g/mol. The van der Waals surface area contributed by atoms with Gasteiger partial charge in [-0.25, -0.2) is 4.79 Å². The van der Waals surface area contributed by atoms with Gasteiger partial charge in [0.05, 0.1) is 5.60 Å². The van der Waals surface area contributed by atoms with Crippen molar-refractivity contribution >= 4 is 5.97 Å². The van der Waals surface area contributed by atoms with E-state index in [4.69, 9.17) is 9.47 Å². The first-order chi connectivity index (χ1) is 10.7. The third kappa shape index (κ3) is 2.73. The SMILES string of the molecule is CCC1(CC)O[C@@H](n2ccc(=O)[nH]c2=O)[C@H](OC(C)=O)C1(C)C. The fourth-order valence-electron chi connectivity index (χ4n) is 3.60. The summed E-state index contributed by atoms with van der Waals surface area (Å²) in [5.41, 5.74) is -2.10. The number of carbonyl (C=O) groups is 1. The number of ether oxygens (including phenoxy) is 2. The molecule has 0 aliphatic carbocycles. The van der Waals surface area contributed by atoms with E-state index in [2.05, 4.69) is 4.98 Å². The molecule has 1 aromatic rings. The Labute approximate surface area is 134 Å². The van der Waals surface area contributed by atoms with Crippen LogP contribution in [0.4, 0.5) is 0 Å². The summed E-state index contributed by atoms with van der Waals surface area (Å²) in [6.45, 7) is 9.30. The van der Waals surface area contributed by atoms with Gasteiger partial charge in [0, 0.05) is 24.6 Å². The van der Waals surface area contributed by atoms with Crippen LogP contribution >= 0.6 is 0 Å². The van der Waals surface area contributed by atoms with E-state index in [0.29, 0.717) is 12.8 Å². The molecule has 2 heterocycles. The van der Waals surface area contributed by atoms with Crippen molar-refractivity contribution in [1.29, 1.82) is 0 Å². The van der Waals surface area contributed by atoms with Gasteiger partial charge in [-0.05, 0) is 12.8 Å². The first-order valence-corrected chi connectivity index (χ1v) is 7.85. The second-order valence-electron chi connectivity index (χ2n) is 6.48. The van der Waals surface area contributed by atoms with Crippen molar-refractivity contribution < 1.29 is 14.3 Å². The lowest BCUT2D eigenvalue weighted by atomic mass is 9.70. The highest BCUT2D eigenvalue weighted by Crippen LogP contribution is 2.54. The zero-order valence-electron chi connectivity index (χ0n) is 14.2. The average Bonchev–Trinajstić information content (AvgIpc) is 2.68. The Bertz CT molecular complexity index is 699. The van der Waals surface area contributed by atoms with Crippen molar-refractivity contribution in [2.45, 2.75) is 65.4 Å². The van der Waals surface area contributed by atoms with Crippen molar-refractivity contribution in [2.24, 2.45) is 5.41 Å². The van der Waals surface area contributed by atoms with E-state index >= 15 is 0 Å². The minimum Gasteiger partial charge on any atom is -0.457 e. The molecule has 0 unspecified atom stereocenters. The molecule has 1 aliphatic heterocycles. The summed E-state index contributed by atoms with van der Waals surface area (Å²) in [6.07, 6.45) is 1.38. The second kappa shape index (κ2) is 5.96. The van der Waals surface area contributed by atoms with Crippen molar-refractivity contribution in [2.75, 3.05) is 0 Å². The molecule has 0 spiro atoms. The minimum atomic E-state index is -0.779. The maximum atomic E-state index is 12.1. The lowest BCUT2D eigenvalue weighted by Crippen LogP contribution is -2.46. The molecule has 1 aromatic heterocycles. The van der Waals surface area contributed by atoms with Crippen molar-refractivity contribution in [3.8, 4) is 0 Å². The minimum absolute atomic E-state index is 0.433. The molecule has 1 fully saturated rings. The first-order valence-electron chi connectivity index (χ1n) is 7.85. The number of esters is 1. The van der Waals surface area contributed by atoms with E-state index in [0.717, 1.165) is 0 Å². The lowest BCUT2D eigenvalue weighted by Gasteiger charge is -2.40. The number of aromatic nitrogens is 2. The number of carbonyl (C=O) groups excluding carboxylic acids is 1. The molecule has 1 saturated heterocycles. The molecule has 7 nitrogen and oxygen atoms in total. The Hall–Kier alpha value is -1.89. The summed E-state index contributed by atoms with van der Waals surface area (Å²) in [7, 11) is 0. The Morgan fingerprint density at radius 1 is 1.35 bits per heavy atom. The number of rotatable bonds is 4. The maximum absolute atomic E-state index is 12.1. The largest absolute Gasteiger partial charge is 0.457 e. The Kier molecular flexibility index (Phi) is 4.52. The summed E-state index contributed by atoms with van der Waals surface area (Å²) in [4.78, 5) is 37.2. The molecule has 2 rings (SSSR count). The van der Waals surface area contributed by atoms with Crippen LogP contribution in [0.2, 0.25) is 0 Å². The molecule has 0 radical (unpaired) electrons. The standard InChI is InChI=1S/C16H24N2O5/c1-6-16(7-2)15(4,5)12(22-10(3)19)13(23-16)18-9-8-11(20)17-14(18)21/h8-9,12-13H,6-7H2,1-5H3,(H,17,20,21)/t12-,13+/m0/s1. The molecular weight excluding hydrogens is 300 g/mol. The predicted molar refractivity (Wildman–Crippen MR) is 84.1 cm³/mol. The van der Waals surface area contributed by atoms with E-state index in [1.54, 1.807) is 0 Å². The van der Waals surface area contributed by atoms with E-state index < -0.39 is 40.6 Å². The number of nitrogens with one attached hydrogen (secondary N) is 1. The molecular formula is C16H24N2O5. The number of aromatic amines is 1. The molecule has 0 bridgehead atoms. The second-order valence-corrected chi connectivity index (χ2v) is 6.48. The van der Waals surface area contributed by atoms with Gasteiger partial charge in [-0.3, -0.25) is 19.1 Å². The van der Waals surface area contributed by atoms with Crippen LogP contribution in [0, 0.1) is 5.41 Å². The molecule has 0 aromatic carbocycles. The van der Waals surface area contributed by atoms with Gasteiger partial charge in [0.1, 0.15) is 0 Å². The molecule has 1 aliphatic rings. The quantitative estimate of drug-likeness (QED) is 0.849. The number of nitrogens with zero attached hydrogens (tertiary/aromatic N) is 1. The van der Waals surface area contributed by atoms with Gasteiger partial charge in [-0.1, -0.05) is 27.7 Å². The van der Waals surface area contributed by atoms with Gasteiger partial charge in [0.25, 0.3) is 5.56 Å². The highest BCUT2D eigenvalue weighted by atomic mass is 16.6. The third-order valence-corrected chi connectivity index (χ3v) is 5.05. The van der Waals surface area contributed by atoms with E-state index in [9.17, 15) is 14.4 Å². The van der Waals surface area contributed by atoms with Gasteiger partial charge in [-0.2, -0.15) is 0 Å².